The van der Waals surface area contributed by atoms with Gasteiger partial charge in [-0.05, 0) is 41.1 Å². The van der Waals surface area contributed by atoms with E-state index in [0.717, 1.165) is 6.42 Å². The summed E-state index contributed by atoms with van der Waals surface area (Å²) in [6.07, 6.45) is 1.17. The maximum atomic E-state index is 11.6. The van der Waals surface area contributed by atoms with Gasteiger partial charge in [-0.15, -0.1) is 0 Å². The molecule has 0 aromatic carbocycles. The molecule has 3 N–H and O–H groups in total. The molecule has 1 rings (SSSR count). The third-order valence-corrected chi connectivity index (χ3v) is 3.32. The average Bonchev–Trinajstić information content (AvgIpc) is 2.80. The van der Waals surface area contributed by atoms with Crippen molar-refractivity contribution < 1.29 is 14.7 Å². The van der Waals surface area contributed by atoms with Crippen LogP contribution >= 0.6 is 11.3 Å². The Morgan fingerprint density at radius 3 is 2.68 bits per heavy atom. The van der Waals surface area contributed by atoms with Crippen molar-refractivity contribution >= 4 is 23.3 Å². The number of thiophene rings is 1. The molecule has 1 aromatic heterocycles. The Balaban J connectivity index is 2.30. The Labute approximate surface area is 117 Å². The first-order valence-corrected chi connectivity index (χ1v) is 7.21. The van der Waals surface area contributed by atoms with Crippen molar-refractivity contribution in [1.82, 2.24) is 10.6 Å². The van der Waals surface area contributed by atoms with Gasteiger partial charge in [-0.3, -0.25) is 0 Å². The standard InChI is InChI=1S/C13H20N2O3S/c1-9(2)7-11(12(16)17)15-13(18)14-5-3-10-4-6-19-8-10/h4,6,8-9,11H,3,5,7H2,1-2H3,(H,16,17)(H2,14,15,18). The van der Waals surface area contributed by atoms with Crippen molar-refractivity contribution in [2.24, 2.45) is 5.92 Å². The monoisotopic (exact) mass is 284 g/mol. The van der Waals surface area contributed by atoms with Gasteiger partial charge in [0, 0.05) is 6.54 Å². The Kier molecular flexibility index (Phi) is 6.35. The van der Waals surface area contributed by atoms with Crippen molar-refractivity contribution in [1.29, 1.82) is 0 Å². The molecule has 0 saturated carbocycles. The minimum Gasteiger partial charge on any atom is -0.480 e. The van der Waals surface area contributed by atoms with E-state index >= 15 is 0 Å². The highest BCUT2D eigenvalue weighted by molar-refractivity contribution is 7.07. The molecule has 5 nitrogen and oxygen atoms in total. The number of hydrogen-bond acceptors (Lipinski definition) is 3. The summed E-state index contributed by atoms with van der Waals surface area (Å²) in [4.78, 5) is 22.6. The van der Waals surface area contributed by atoms with Crippen LogP contribution < -0.4 is 10.6 Å². The molecule has 1 heterocycles. The van der Waals surface area contributed by atoms with Crippen molar-refractivity contribution in [3.05, 3.63) is 22.4 Å². The Hall–Kier alpha value is -1.56. The Bertz CT molecular complexity index is 404. The first kappa shape index (κ1) is 15.5. The van der Waals surface area contributed by atoms with E-state index in [9.17, 15) is 9.59 Å². The highest BCUT2D eigenvalue weighted by Crippen LogP contribution is 2.06. The summed E-state index contributed by atoms with van der Waals surface area (Å²) < 4.78 is 0. The summed E-state index contributed by atoms with van der Waals surface area (Å²) in [6.45, 7) is 4.34. The zero-order valence-electron chi connectivity index (χ0n) is 11.2. The van der Waals surface area contributed by atoms with Gasteiger partial charge in [-0.2, -0.15) is 11.3 Å². The fraction of sp³-hybridized carbons (Fsp3) is 0.538. The lowest BCUT2D eigenvalue weighted by molar-refractivity contribution is -0.139. The van der Waals surface area contributed by atoms with Crippen LogP contribution in [-0.2, 0) is 11.2 Å². The molecule has 0 aliphatic rings. The highest BCUT2D eigenvalue weighted by atomic mass is 32.1. The normalized spacial score (nSPS) is 12.2. The number of nitrogens with one attached hydrogen (secondary N) is 2. The SMILES string of the molecule is CC(C)CC(NC(=O)NCCc1ccsc1)C(=O)O. The van der Waals surface area contributed by atoms with Crippen LogP contribution in [-0.4, -0.2) is 29.7 Å². The second-order valence-corrected chi connectivity index (χ2v) is 5.58. The topological polar surface area (TPSA) is 78.4 Å². The number of amides is 2. The lowest BCUT2D eigenvalue weighted by Gasteiger charge is -2.16. The van der Waals surface area contributed by atoms with Gasteiger partial charge in [0.2, 0.25) is 0 Å². The Morgan fingerprint density at radius 1 is 1.42 bits per heavy atom. The molecule has 2 amide bonds. The zero-order chi connectivity index (χ0) is 14.3. The van der Waals surface area contributed by atoms with E-state index in [1.807, 2.05) is 30.7 Å². The maximum Gasteiger partial charge on any atom is 0.326 e. The maximum absolute atomic E-state index is 11.6. The number of carbonyl (C=O) groups is 2. The predicted molar refractivity (Wildman–Crippen MR) is 75.4 cm³/mol. The second kappa shape index (κ2) is 7.78. The van der Waals surface area contributed by atoms with E-state index in [1.165, 1.54) is 5.56 Å². The van der Waals surface area contributed by atoms with E-state index in [2.05, 4.69) is 10.6 Å². The smallest absolute Gasteiger partial charge is 0.326 e. The van der Waals surface area contributed by atoms with Crippen LogP contribution in [0.2, 0.25) is 0 Å². The van der Waals surface area contributed by atoms with Gasteiger partial charge >= 0.3 is 12.0 Å². The number of hydrogen-bond donors (Lipinski definition) is 3. The molecular formula is C13H20N2O3S. The van der Waals surface area contributed by atoms with Crippen molar-refractivity contribution in [3.63, 3.8) is 0 Å². The molecule has 0 radical (unpaired) electrons. The molecule has 19 heavy (non-hydrogen) atoms. The summed E-state index contributed by atoms with van der Waals surface area (Å²) in [5, 5.41) is 18.2. The molecule has 0 saturated heterocycles. The lowest BCUT2D eigenvalue weighted by atomic mass is 10.0. The van der Waals surface area contributed by atoms with Crippen LogP contribution in [0, 0.1) is 5.92 Å². The van der Waals surface area contributed by atoms with Crippen LogP contribution in [0.4, 0.5) is 4.79 Å². The molecule has 0 fully saturated rings. The van der Waals surface area contributed by atoms with Gasteiger partial charge in [-0.25, -0.2) is 9.59 Å². The number of rotatable bonds is 7. The summed E-state index contributed by atoms with van der Waals surface area (Å²) in [5.41, 5.74) is 1.17. The quantitative estimate of drug-likeness (QED) is 0.717. The van der Waals surface area contributed by atoms with Gasteiger partial charge in [0.25, 0.3) is 0 Å². The minimum absolute atomic E-state index is 0.215. The van der Waals surface area contributed by atoms with Crippen LogP contribution in [0.25, 0.3) is 0 Å². The van der Waals surface area contributed by atoms with Gasteiger partial charge in [0.15, 0.2) is 0 Å². The number of carbonyl (C=O) groups excluding carboxylic acids is 1. The van der Waals surface area contributed by atoms with E-state index in [4.69, 9.17) is 5.11 Å². The van der Waals surface area contributed by atoms with Gasteiger partial charge in [0.05, 0.1) is 0 Å². The van der Waals surface area contributed by atoms with Crippen molar-refractivity contribution in [2.75, 3.05) is 6.54 Å². The Morgan fingerprint density at radius 2 is 2.16 bits per heavy atom. The lowest BCUT2D eigenvalue weighted by Crippen LogP contribution is -2.47. The molecule has 0 aliphatic heterocycles. The molecule has 1 atom stereocenters. The van der Waals surface area contributed by atoms with E-state index < -0.39 is 18.0 Å². The highest BCUT2D eigenvalue weighted by Gasteiger charge is 2.20. The molecule has 106 valence electrons. The first-order valence-electron chi connectivity index (χ1n) is 6.27. The summed E-state index contributed by atoms with van der Waals surface area (Å²) >= 11 is 1.61. The molecule has 1 aromatic rings. The fourth-order valence-corrected chi connectivity index (χ4v) is 2.36. The summed E-state index contributed by atoms with van der Waals surface area (Å²) in [6, 6.07) is 0.743. The number of urea groups is 1. The number of carboxylic acid groups (broad SMARTS) is 1. The average molecular weight is 284 g/mol. The number of carboxylic acids is 1. The molecule has 0 spiro atoms. The second-order valence-electron chi connectivity index (χ2n) is 4.80. The van der Waals surface area contributed by atoms with Gasteiger partial charge < -0.3 is 15.7 Å². The fourth-order valence-electron chi connectivity index (χ4n) is 1.66. The van der Waals surface area contributed by atoms with Gasteiger partial charge in [0.1, 0.15) is 6.04 Å². The van der Waals surface area contributed by atoms with Crippen LogP contribution in [0.5, 0.6) is 0 Å². The molecular weight excluding hydrogens is 264 g/mol. The van der Waals surface area contributed by atoms with E-state index in [0.29, 0.717) is 13.0 Å². The summed E-state index contributed by atoms with van der Waals surface area (Å²) in [5.74, 6) is -0.783. The van der Waals surface area contributed by atoms with E-state index in [1.54, 1.807) is 11.3 Å². The number of aliphatic carboxylic acids is 1. The minimum atomic E-state index is -0.998. The van der Waals surface area contributed by atoms with Crippen LogP contribution in [0.15, 0.2) is 16.8 Å². The van der Waals surface area contributed by atoms with Gasteiger partial charge in [-0.1, -0.05) is 13.8 Å². The third-order valence-electron chi connectivity index (χ3n) is 2.59. The molecule has 1 unspecified atom stereocenters. The molecule has 6 heteroatoms. The van der Waals surface area contributed by atoms with Crippen LogP contribution in [0.3, 0.4) is 0 Å². The van der Waals surface area contributed by atoms with E-state index in [-0.39, 0.29) is 5.92 Å². The first-order chi connectivity index (χ1) is 8.99. The van der Waals surface area contributed by atoms with Crippen molar-refractivity contribution in [3.8, 4) is 0 Å². The van der Waals surface area contributed by atoms with Crippen LogP contribution in [0.1, 0.15) is 25.8 Å². The predicted octanol–water partition coefficient (Wildman–Crippen LogP) is 2.09. The third kappa shape index (κ3) is 6.24. The largest absolute Gasteiger partial charge is 0.480 e. The van der Waals surface area contributed by atoms with Crippen molar-refractivity contribution in [2.45, 2.75) is 32.7 Å². The zero-order valence-corrected chi connectivity index (χ0v) is 12.0. The summed E-state index contributed by atoms with van der Waals surface area (Å²) in [7, 11) is 0. The molecule has 0 bridgehead atoms. The molecule has 0 aliphatic carbocycles.